The van der Waals surface area contributed by atoms with Crippen LogP contribution in [0.25, 0.3) is 0 Å². The molecule has 0 fully saturated rings. The number of anilines is 1. The average molecular weight is 232 g/mol. The van der Waals surface area contributed by atoms with Crippen molar-refractivity contribution < 1.29 is 14.1 Å². The van der Waals surface area contributed by atoms with Crippen molar-refractivity contribution in [3.63, 3.8) is 0 Å². The number of nitrogens with zero attached hydrogens (tertiary/aromatic N) is 1. The molecule has 5 heteroatoms. The highest BCUT2D eigenvalue weighted by Crippen LogP contribution is 2.16. The molecule has 88 valence electrons. The van der Waals surface area contributed by atoms with E-state index in [1.807, 2.05) is 30.3 Å². The molecule has 1 heterocycles. The van der Waals surface area contributed by atoms with Crippen molar-refractivity contribution in [1.29, 1.82) is 0 Å². The van der Waals surface area contributed by atoms with Gasteiger partial charge in [-0.15, -0.1) is 0 Å². The minimum Gasteiger partial charge on any atom is -0.441 e. The molecule has 1 aromatic heterocycles. The van der Waals surface area contributed by atoms with E-state index in [2.05, 4.69) is 15.0 Å². The lowest BCUT2D eigenvalue weighted by Gasteiger charge is -2.13. The Labute approximate surface area is 98.4 Å². The summed E-state index contributed by atoms with van der Waals surface area (Å²) in [5, 5.41) is 6.01. The van der Waals surface area contributed by atoms with Crippen LogP contribution in [0.2, 0.25) is 0 Å². The number of carbonyl (C=O) groups is 1. The van der Waals surface area contributed by atoms with Gasteiger partial charge in [0.2, 0.25) is 0 Å². The molecule has 0 saturated heterocycles. The molecule has 0 aliphatic heterocycles. The van der Waals surface area contributed by atoms with Crippen LogP contribution in [0.3, 0.4) is 0 Å². The third-order valence-electron chi connectivity index (χ3n) is 2.22. The molecule has 0 saturated carbocycles. The van der Waals surface area contributed by atoms with Gasteiger partial charge in [0.15, 0.2) is 5.82 Å². The maximum atomic E-state index is 11.5. The second-order valence-corrected chi connectivity index (χ2v) is 3.47. The van der Waals surface area contributed by atoms with Gasteiger partial charge in [0, 0.05) is 6.07 Å². The molecule has 0 aliphatic rings. The fourth-order valence-electron chi connectivity index (χ4n) is 1.36. The van der Waals surface area contributed by atoms with Crippen molar-refractivity contribution in [2.24, 2.45) is 0 Å². The number of hydrogen-bond donors (Lipinski definition) is 1. The first-order valence-corrected chi connectivity index (χ1v) is 5.18. The number of ether oxygens (including phenoxy) is 1. The minimum atomic E-state index is -0.560. The Morgan fingerprint density at radius 2 is 2.12 bits per heavy atom. The van der Waals surface area contributed by atoms with E-state index >= 15 is 0 Å². The molecule has 0 radical (unpaired) electrons. The van der Waals surface area contributed by atoms with E-state index in [0.717, 1.165) is 5.56 Å². The highest BCUT2D eigenvalue weighted by molar-refractivity contribution is 5.83. The van der Waals surface area contributed by atoms with Crippen LogP contribution in [0.15, 0.2) is 47.2 Å². The summed E-state index contributed by atoms with van der Waals surface area (Å²) < 4.78 is 9.76. The normalized spacial score (nSPS) is 11.8. The summed E-state index contributed by atoms with van der Waals surface area (Å²) in [7, 11) is 0. The molecule has 0 bridgehead atoms. The quantitative estimate of drug-likeness (QED) is 0.883. The fraction of sp³-hybridized carbons (Fsp3) is 0.167. The number of amides is 1. The number of aromatic nitrogens is 1. The van der Waals surface area contributed by atoms with E-state index in [-0.39, 0.29) is 6.10 Å². The van der Waals surface area contributed by atoms with Gasteiger partial charge in [-0.3, -0.25) is 5.32 Å². The van der Waals surface area contributed by atoms with Gasteiger partial charge in [-0.25, -0.2) is 4.79 Å². The Hall–Kier alpha value is -2.30. The average Bonchev–Trinajstić information content (AvgIpc) is 2.82. The van der Waals surface area contributed by atoms with E-state index in [9.17, 15) is 4.79 Å². The Bertz CT molecular complexity index is 468. The van der Waals surface area contributed by atoms with Gasteiger partial charge in [0.05, 0.1) is 0 Å². The van der Waals surface area contributed by atoms with Crippen LogP contribution >= 0.6 is 0 Å². The van der Waals surface area contributed by atoms with Crippen LogP contribution in [0, 0.1) is 0 Å². The largest absolute Gasteiger partial charge is 0.441 e. The lowest BCUT2D eigenvalue weighted by atomic mass is 10.1. The molecule has 1 N–H and O–H groups in total. The summed E-state index contributed by atoms with van der Waals surface area (Å²) in [5.41, 5.74) is 0.933. The van der Waals surface area contributed by atoms with Gasteiger partial charge in [-0.1, -0.05) is 35.5 Å². The maximum Gasteiger partial charge on any atom is 0.413 e. The van der Waals surface area contributed by atoms with E-state index in [0.29, 0.717) is 5.82 Å². The van der Waals surface area contributed by atoms with Crippen LogP contribution < -0.4 is 5.32 Å². The number of rotatable bonds is 3. The Kier molecular flexibility index (Phi) is 3.40. The van der Waals surface area contributed by atoms with E-state index in [4.69, 9.17) is 4.74 Å². The van der Waals surface area contributed by atoms with Crippen LogP contribution in [0.4, 0.5) is 10.6 Å². The minimum absolute atomic E-state index is 0.317. The van der Waals surface area contributed by atoms with Crippen LogP contribution in [0.5, 0.6) is 0 Å². The molecular weight excluding hydrogens is 220 g/mol. The highest BCUT2D eigenvalue weighted by Gasteiger charge is 2.12. The Morgan fingerprint density at radius 3 is 2.76 bits per heavy atom. The van der Waals surface area contributed by atoms with Gasteiger partial charge < -0.3 is 9.26 Å². The van der Waals surface area contributed by atoms with Gasteiger partial charge in [0.25, 0.3) is 0 Å². The Morgan fingerprint density at radius 1 is 1.35 bits per heavy atom. The molecule has 1 amide bonds. The first kappa shape index (κ1) is 11.2. The monoisotopic (exact) mass is 232 g/mol. The van der Waals surface area contributed by atoms with Gasteiger partial charge in [-0.2, -0.15) is 0 Å². The highest BCUT2D eigenvalue weighted by atomic mass is 16.6. The lowest BCUT2D eigenvalue weighted by molar-refractivity contribution is 0.121. The molecule has 2 aromatic rings. The third kappa shape index (κ3) is 3.07. The summed E-state index contributed by atoms with van der Waals surface area (Å²) in [5.74, 6) is 0.329. The van der Waals surface area contributed by atoms with Crippen molar-refractivity contribution in [2.75, 3.05) is 5.32 Å². The third-order valence-corrected chi connectivity index (χ3v) is 2.22. The zero-order valence-electron chi connectivity index (χ0n) is 9.29. The summed E-state index contributed by atoms with van der Waals surface area (Å²) >= 11 is 0. The van der Waals surface area contributed by atoms with Gasteiger partial charge in [-0.05, 0) is 12.5 Å². The van der Waals surface area contributed by atoms with Crippen molar-refractivity contribution in [3.8, 4) is 0 Å². The lowest BCUT2D eigenvalue weighted by Crippen LogP contribution is -2.16. The summed E-state index contributed by atoms with van der Waals surface area (Å²) in [6.45, 7) is 1.80. The molecule has 2 rings (SSSR count). The SMILES string of the molecule is CC(OC(=O)Nc1ccon1)c1ccccc1. The van der Waals surface area contributed by atoms with Gasteiger partial charge in [0.1, 0.15) is 12.4 Å². The Balaban J connectivity index is 1.91. The number of hydrogen-bond acceptors (Lipinski definition) is 4. The van der Waals surface area contributed by atoms with Crippen molar-refractivity contribution in [1.82, 2.24) is 5.16 Å². The predicted molar refractivity (Wildman–Crippen MR) is 61.5 cm³/mol. The first-order chi connectivity index (χ1) is 8.25. The standard InChI is InChI=1S/C12H12N2O3/c1-9(10-5-3-2-4-6-10)17-12(15)13-11-7-8-16-14-11/h2-9H,1H3,(H,13,14,15). The zero-order chi connectivity index (χ0) is 12.1. The summed E-state index contributed by atoms with van der Waals surface area (Å²) in [6, 6.07) is 11.0. The van der Waals surface area contributed by atoms with Crippen molar-refractivity contribution in [2.45, 2.75) is 13.0 Å². The fourth-order valence-corrected chi connectivity index (χ4v) is 1.36. The molecule has 17 heavy (non-hydrogen) atoms. The molecule has 1 unspecified atom stereocenters. The summed E-state index contributed by atoms with van der Waals surface area (Å²) in [4.78, 5) is 11.5. The second kappa shape index (κ2) is 5.16. The van der Waals surface area contributed by atoms with Crippen molar-refractivity contribution >= 4 is 11.9 Å². The number of nitrogens with one attached hydrogen (secondary N) is 1. The topological polar surface area (TPSA) is 64.4 Å². The smallest absolute Gasteiger partial charge is 0.413 e. The number of carbonyl (C=O) groups excluding carboxylic acids is 1. The first-order valence-electron chi connectivity index (χ1n) is 5.18. The maximum absolute atomic E-state index is 11.5. The van der Waals surface area contributed by atoms with Gasteiger partial charge >= 0.3 is 6.09 Å². The second-order valence-electron chi connectivity index (χ2n) is 3.47. The molecule has 0 aliphatic carbocycles. The van der Waals surface area contributed by atoms with Crippen LogP contribution in [0.1, 0.15) is 18.6 Å². The van der Waals surface area contributed by atoms with Crippen LogP contribution in [-0.4, -0.2) is 11.2 Å². The molecule has 1 aromatic carbocycles. The van der Waals surface area contributed by atoms with Crippen molar-refractivity contribution in [3.05, 3.63) is 48.2 Å². The van der Waals surface area contributed by atoms with Crippen LogP contribution in [-0.2, 0) is 4.74 Å². The molecule has 5 nitrogen and oxygen atoms in total. The van der Waals surface area contributed by atoms with E-state index in [1.165, 1.54) is 12.3 Å². The zero-order valence-corrected chi connectivity index (χ0v) is 9.29. The van der Waals surface area contributed by atoms with E-state index < -0.39 is 6.09 Å². The van der Waals surface area contributed by atoms with E-state index in [1.54, 1.807) is 6.92 Å². The predicted octanol–water partition coefficient (Wildman–Crippen LogP) is 2.98. The summed E-state index contributed by atoms with van der Waals surface area (Å²) in [6.07, 6.45) is 0.495. The molecular formula is C12H12N2O3. The molecule has 1 atom stereocenters. The molecule has 0 spiro atoms. The number of benzene rings is 1.